The average molecular weight is 414 g/mol. The minimum absolute atomic E-state index is 0.0481. The number of alkyl halides is 3. The topological polar surface area (TPSA) is 23.8 Å². The molecule has 6 heteroatoms. The lowest BCUT2D eigenvalue weighted by atomic mass is 9.70. The first-order valence-electron chi connectivity index (χ1n) is 9.03. The van der Waals surface area contributed by atoms with Crippen molar-refractivity contribution in [1.29, 1.82) is 5.26 Å². The van der Waals surface area contributed by atoms with Crippen LogP contribution in [-0.2, 0) is 5.41 Å². The van der Waals surface area contributed by atoms with Gasteiger partial charge in [-0.25, -0.2) is 4.39 Å². The number of nitrogens with zero attached hydrogens (tertiary/aromatic N) is 1. The lowest BCUT2D eigenvalue weighted by Gasteiger charge is -2.35. The molecule has 28 heavy (non-hydrogen) atoms. The molecule has 0 radical (unpaired) electrons. The van der Waals surface area contributed by atoms with Crippen molar-refractivity contribution in [3.05, 3.63) is 57.4 Å². The summed E-state index contributed by atoms with van der Waals surface area (Å²) in [6.07, 6.45) is -3.66. The molecule has 1 aromatic rings. The van der Waals surface area contributed by atoms with Gasteiger partial charge in [0.25, 0.3) is 0 Å². The Kier molecular flexibility index (Phi) is 6.07. The van der Waals surface area contributed by atoms with E-state index in [0.29, 0.717) is 16.1 Å². The van der Waals surface area contributed by atoms with E-state index in [4.69, 9.17) is 16.9 Å². The van der Waals surface area contributed by atoms with Gasteiger partial charge < -0.3 is 0 Å². The second-order valence-electron chi connectivity index (χ2n) is 9.04. The van der Waals surface area contributed by atoms with Crippen molar-refractivity contribution >= 4 is 11.6 Å². The Hall–Kier alpha value is -1.80. The lowest BCUT2D eigenvalue weighted by molar-refractivity contribution is -0.0912. The molecule has 0 aliphatic heterocycles. The number of rotatable bonds is 3. The van der Waals surface area contributed by atoms with Crippen molar-refractivity contribution in [1.82, 2.24) is 0 Å². The van der Waals surface area contributed by atoms with Crippen LogP contribution in [0.1, 0.15) is 58.6 Å². The molecule has 0 saturated heterocycles. The van der Waals surface area contributed by atoms with E-state index >= 15 is 0 Å². The van der Waals surface area contributed by atoms with Crippen molar-refractivity contribution in [2.75, 3.05) is 0 Å². The summed E-state index contributed by atoms with van der Waals surface area (Å²) < 4.78 is 56.2. The number of allylic oxidation sites excluding steroid dienone is 4. The Bertz CT molecular complexity index is 864. The molecule has 1 unspecified atom stereocenters. The van der Waals surface area contributed by atoms with Gasteiger partial charge >= 0.3 is 6.18 Å². The van der Waals surface area contributed by atoms with Crippen LogP contribution in [0.5, 0.6) is 0 Å². The van der Waals surface area contributed by atoms with Crippen molar-refractivity contribution in [2.45, 2.75) is 59.1 Å². The van der Waals surface area contributed by atoms with Crippen LogP contribution in [0.15, 0.2) is 41.2 Å². The summed E-state index contributed by atoms with van der Waals surface area (Å²) in [4.78, 5) is 0. The quantitative estimate of drug-likeness (QED) is 0.466. The predicted octanol–water partition coefficient (Wildman–Crippen LogP) is 7.66. The molecule has 0 saturated carbocycles. The molecule has 1 aliphatic rings. The van der Waals surface area contributed by atoms with E-state index in [1.807, 2.05) is 6.07 Å². The fraction of sp³-hybridized carbons (Fsp3) is 0.500. The van der Waals surface area contributed by atoms with Gasteiger partial charge in [-0.15, -0.1) is 0 Å². The highest BCUT2D eigenvalue weighted by Gasteiger charge is 2.43. The number of benzene rings is 1. The summed E-state index contributed by atoms with van der Waals surface area (Å²) in [5.74, 6) is -1.25. The van der Waals surface area contributed by atoms with Crippen LogP contribution < -0.4 is 0 Å². The van der Waals surface area contributed by atoms with E-state index in [1.165, 1.54) is 12.1 Å². The molecule has 0 N–H and O–H groups in total. The summed E-state index contributed by atoms with van der Waals surface area (Å²) in [7, 11) is 0. The Morgan fingerprint density at radius 1 is 1.11 bits per heavy atom. The molecule has 0 heterocycles. The molecule has 1 atom stereocenters. The Balaban J connectivity index is 2.49. The highest BCUT2D eigenvalue weighted by molar-refractivity contribution is 6.30. The third kappa shape index (κ3) is 4.97. The summed E-state index contributed by atoms with van der Waals surface area (Å²) in [6, 6.07) is 6.66. The van der Waals surface area contributed by atoms with Crippen molar-refractivity contribution in [2.24, 2.45) is 11.3 Å². The maximum Gasteiger partial charge on any atom is 0.416 e. The van der Waals surface area contributed by atoms with Crippen LogP contribution in [-0.4, -0.2) is 6.18 Å². The number of hydrogen-bond donors (Lipinski definition) is 0. The number of halogens is 5. The van der Waals surface area contributed by atoms with Crippen LogP contribution in [0.2, 0.25) is 5.02 Å². The maximum atomic E-state index is 14.9. The number of hydrogen-bond acceptors (Lipinski definition) is 1. The largest absolute Gasteiger partial charge is 0.416 e. The van der Waals surface area contributed by atoms with Gasteiger partial charge in [-0.2, -0.15) is 18.4 Å². The van der Waals surface area contributed by atoms with Gasteiger partial charge in [0.1, 0.15) is 5.83 Å². The van der Waals surface area contributed by atoms with Crippen LogP contribution in [0.25, 0.3) is 0 Å². The van der Waals surface area contributed by atoms with Crippen LogP contribution in [0, 0.1) is 22.7 Å². The third-order valence-electron chi connectivity index (χ3n) is 5.26. The van der Waals surface area contributed by atoms with E-state index in [2.05, 4.69) is 0 Å². The maximum absolute atomic E-state index is 14.9. The van der Waals surface area contributed by atoms with E-state index in [-0.39, 0.29) is 18.4 Å². The summed E-state index contributed by atoms with van der Waals surface area (Å²) in [6.45, 7) is 8.87. The molecule has 0 bridgehead atoms. The van der Waals surface area contributed by atoms with E-state index in [1.54, 1.807) is 46.8 Å². The van der Waals surface area contributed by atoms with E-state index in [0.717, 1.165) is 0 Å². The predicted molar refractivity (Wildman–Crippen MR) is 104 cm³/mol. The molecule has 2 rings (SSSR count). The fourth-order valence-corrected chi connectivity index (χ4v) is 3.66. The molecular weight excluding hydrogens is 390 g/mol. The Morgan fingerprint density at radius 3 is 2.21 bits per heavy atom. The monoisotopic (exact) mass is 413 g/mol. The van der Waals surface area contributed by atoms with Crippen molar-refractivity contribution in [3.8, 4) is 6.07 Å². The first-order valence-corrected chi connectivity index (χ1v) is 9.41. The summed E-state index contributed by atoms with van der Waals surface area (Å²) in [5.41, 5.74) is -1.63. The second kappa shape index (κ2) is 7.55. The van der Waals surface area contributed by atoms with Crippen molar-refractivity contribution in [3.63, 3.8) is 0 Å². The Labute approximate surface area is 168 Å². The molecule has 0 aromatic heterocycles. The van der Waals surface area contributed by atoms with Gasteiger partial charge in [-0.1, -0.05) is 52.3 Å². The smallest absolute Gasteiger partial charge is 0.211 e. The molecular formula is C22H24ClF4N. The van der Waals surface area contributed by atoms with E-state index < -0.39 is 34.3 Å². The Morgan fingerprint density at radius 2 is 1.71 bits per heavy atom. The minimum atomic E-state index is -4.64. The zero-order chi connectivity index (χ0) is 21.5. The molecule has 0 amide bonds. The van der Waals surface area contributed by atoms with Crippen LogP contribution >= 0.6 is 11.6 Å². The van der Waals surface area contributed by atoms with Gasteiger partial charge in [-0.05, 0) is 52.5 Å². The van der Waals surface area contributed by atoms with Crippen molar-refractivity contribution < 1.29 is 17.6 Å². The average Bonchev–Trinajstić information content (AvgIpc) is 2.53. The normalized spacial score (nSPS) is 18.8. The second-order valence-corrected chi connectivity index (χ2v) is 9.48. The van der Waals surface area contributed by atoms with Gasteiger partial charge in [0.15, 0.2) is 0 Å². The summed E-state index contributed by atoms with van der Waals surface area (Å²) in [5, 5.41) is 9.45. The first-order chi connectivity index (χ1) is 12.6. The highest BCUT2D eigenvalue weighted by Crippen LogP contribution is 2.48. The molecule has 1 aromatic carbocycles. The van der Waals surface area contributed by atoms with Crippen LogP contribution in [0.3, 0.4) is 0 Å². The molecule has 1 aliphatic carbocycles. The van der Waals surface area contributed by atoms with Gasteiger partial charge in [0.2, 0.25) is 0 Å². The third-order valence-corrected chi connectivity index (χ3v) is 5.48. The fourth-order valence-electron chi connectivity index (χ4n) is 3.42. The standard InChI is InChI=1S/C22H24ClF4N/c1-20(2,3)14-9-18(22(25,26)27)17(19(24)10-14)11-21(4,5)15-6-13(12-28)7-16(23)8-15/h6-9,14H,10-11H2,1-5H3. The molecule has 0 fully saturated rings. The first kappa shape index (κ1) is 22.5. The zero-order valence-electron chi connectivity index (χ0n) is 16.6. The van der Waals surface area contributed by atoms with Crippen LogP contribution in [0.4, 0.5) is 17.6 Å². The number of nitriles is 1. The minimum Gasteiger partial charge on any atom is -0.211 e. The van der Waals surface area contributed by atoms with Gasteiger partial charge in [0, 0.05) is 11.4 Å². The SMILES string of the molecule is CC(C)(CC1=C(F)CC(C(C)(C)C)C=C1C(F)(F)F)c1cc(Cl)cc(C#N)c1. The lowest BCUT2D eigenvalue weighted by Crippen LogP contribution is -2.29. The van der Waals surface area contributed by atoms with Gasteiger partial charge in [0.05, 0.1) is 17.2 Å². The zero-order valence-corrected chi connectivity index (χ0v) is 17.4. The van der Waals surface area contributed by atoms with Gasteiger partial charge in [-0.3, -0.25) is 0 Å². The molecule has 152 valence electrons. The van der Waals surface area contributed by atoms with E-state index in [9.17, 15) is 17.6 Å². The summed E-state index contributed by atoms with van der Waals surface area (Å²) >= 11 is 6.05. The highest BCUT2D eigenvalue weighted by atomic mass is 35.5. The molecule has 0 spiro atoms. The molecule has 1 nitrogen and oxygen atoms in total.